The molecule has 0 saturated carbocycles. The topological polar surface area (TPSA) is 64.1 Å². The molecule has 5 heteroatoms. The van der Waals surface area contributed by atoms with Gasteiger partial charge >= 0.3 is 5.97 Å². The van der Waals surface area contributed by atoms with Crippen molar-refractivity contribution < 1.29 is 9.53 Å². The SMILES string of the molecule is COC(=O)c1ccc(NCc2ccncc2C)nc1C. The Morgan fingerprint density at radius 1 is 1.30 bits per heavy atom. The smallest absolute Gasteiger partial charge is 0.339 e. The predicted octanol–water partition coefficient (Wildman–Crippen LogP) is 2.49. The first-order valence-electron chi connectivity index (χ1n) is 6.31. The minimum Gasteiger partial charge on any atom is -0.465 e. The molecule has 5 nitrogen and oxygen atoms in total. The van der Waals surface area contributed by atoms with Gasteiger partial charge in [0.05, 0.1) is 18.4 Å². The summed E-state index contributed by atoms with van der Waals surface area (Å²) in [4.78, 5) is 19.9. The molecule has 2 heterocycles. The molecule has 0 atom stereocenters. The van der Waals surface area contributed by atoms with Crippen LogP contribution in [0.1, 0.15) is 27.2 Å². The lowest BCUT2D eigenvalue weighted by molar-refractivity contribution is 0.0599. The highest BCUT2D eigenvalue weighted by molar-refractivity contribution is 5.90. The van der Waals surface area contributed by atoms with E-state index in [-0.39, 0.29) is 5.97 Å². The van der Waals surface area contributed by atoms with Gasteiger partial charge in [-0.15, -0.1) is 0 Å². The molecular weight excluding hydrogens is 254 g/mol. The number of aryl methyl sites for hydroxylation is 2. The largest absolute Gasteiger partial charge is 0.465 e. The normalized spacial score (nSPS) is 10.2. The van der Waals surface area contributed by atoms with E-state index in [2.05, 4.69) is 15.3 Å². The maximum atomic E-state index is 11.5. The van der Waals surface area contributed by atoms with E-state index >= 15 is 0 Å². The van der Waals surface area contributed by atoms with E-state index in [0.717, 1.165) is 16.9 Å². The van der Waals surface area contributed by atoms with E-state index in [1.807, 2.05) is 19.2 Å². The van der Waals surface area contributed by atoms with E-state index in [9.17, 15) is 4.79 Å². The molecule has 0 unspecified atom stereocenters. The maximum Gasteiger partial charge on any atom is 0.339 e. The number of ether oxygens (including phenoxy) is 1. The van der Waals surface area contributed by atoms with Crippen LogP contribution >= 0.6 is 0 Å². The zero-order valence-electron chi connectivity index (χ0n) is 11.8. The fourth-order valence-corrected chi connectivity index (χ4v) is 1.87. The van der Waals surface area contributed by atoms with Gasteiger partial charge in [-0.1, -0.05) is 0 Å². The number of esters is 1. The van der Waals surface area contributed by atoms with Gasteiger partial charge in [0.25, 0.3) is 0 Å². The van der Waals surface area contributed by atoms with Gasteiger partial charge in [-0.05, 0) is 43.2 Å². The van der Waals surface area contributed by atoms with Crippen LogP contribution in [0.2, 0.25) is 0 Å². The molecule has 0 aliphatic heterocycles. The number of rotatable bonds is 4. The molecule has 0 aliphatic carbocycles. The van der Waals surface area contributed by atoms with Gasteiger partial charge in [0, 0.05) is 18.9 Å². The first-order valence-corrected chi connectivity index (χ1v) is 6.31. The average molecular weight is 271 g/mol. The van der Waals surface area contributed by atoms with Crippen molar-refractivity contribution in [2.75, 3.05) is 12.4 Å². The third kappa shape index (κ3) is 3.12. The second kappa shape index (κ2) is 6.14. The third-order valence-corrected chi connectivity index (χ3v) is 3.09. The van der Waals surface area contributed by atoms with Crippen molar-refractivity contribution in [2.45, 2.75) is 20.4 Å². The summed E-state index contributed by atoms with van der Waals surface area (Å²) in [5.74, 6) is 0.359. The summed E-state index contributed by atoms with van der Waals surface area (Å²) in [6, 6.07) is 5.46. The standard InChI is InChI=1S/C15H17N3O2/c1-10-8-16-7-6-12(10)9-17-14-5-4-13(11(2)18-14)15(19)20-3/h4-8H,9H2,1-3H3,(H,17,18). The van der Waals surface area contributed by atoms with Gasteiger partial charge in [0.1, 0.15) is 5.82 Å². The summed E-state index contributed by atoms with van der Waals surface area (Å²) >= 11 is 0. The van der Waals surface area contributed by atoms with Crippen molar-refractivity contribution in [1.29, 1.82) is 0 Å². The minimum atomic E-state index is -0.369. The Morgan fingerprint density at radius 2 is 2.10 bits per heavy atom. The molecule has 0 bridgehead atoms. The second-order valence-electron chi connectivity index (χ2n) is 4.48. The van der Waals surface area contributed by atoms with Crippen LogP contribution in [0, 0.1) is 13.8 Å². The summed E-state index contributed by atoms with van der Waals surface area (Å²) in [5.41, 5.74) is 3.42. The molecule has 2 aromatic rings. The fourth-order valence-electron chi connectivity index (χ4n) is 1.87. The number of nitrogens with one attached hydrogen (secondary N) is 1. The highest BCUT2D eigenvalue weighted by Crippen LogP contribution is 2.13. The zero-order valence-corrected chi connectivity index (χ0v) is 11.8. The highest BCUT2D eigenvalue weighted by Gasteiger charge is 2.10. The van der Waals surface area contributed by atoms with Crippen LogP contribution in [-0.2, 0) is 11.3 Å². The quantitative estimate of drug-likeness (QED) is 0.865. The predicted molar refractivity (Wildman–Crippen MR) is 76.6 cm³/mol. The molecule has 2 rings (SSSR count). The van der Waals surface area contributed by atoms with Crippen molar-refractivity contribution in [3.05, 3.63) is 53.0 Å². The lowest BCUT2D eigenvalue weighted by Gasteiger charge is -2.10. The zero-order chi connectivity index (χ0) is 14.5. The molecule has 104 valence electrons. The van der Waals surface area contributed by atoms with Crippen molar-refractivity contribution in [2.24, 2.45) is 0 Å². The third-order valence-electron chi connectivity index (χ3n) is 3.09. The molecule has 20 heavy (non-hydrogen) atoms. The maximum absolute atomic E-state index is 11.5. The Kier molecular flexibility index (Phi) is 4.30. The Morgan fingerprint density at radius 3 is 2.75 bits per heavy atom. The van der Waals surface area contributed by atoms with Crippen molar-refractivity contribution >= 4 is 11.8 Å². The van der Waals surface area contributed by atoms with E-state index in [1.165, 1.54) is 7.11 Å². The lowest BCUT2D eigenvalue weighted by atomic mass is 10.1. The number of carbonyl (C=O) groups is 1. The number of nitrogens with zero attached hydrogens (tertiary/aromatic N) is 2. The number of methoxy groups -OCH3 is 1. The van der Waals surface area contributed by atoms with Gasteiger partial charge in [0.2, 0.25) is 0 Å². The van der Waals surface area contributed by atoms with Crippen molar-refractivity contribution in [3.8, 4) is 0 Å². The first kappa shape index (κ1) is 14.0. The molecular formula is C15H17N3O2. The summed E-state index contributed by atoms with van der Waals surface area (Å²) in [7, 11) is 1.36. The fraction of sp³-hybridized carbons (Fsp3) is 0.267. The Balaban J connectivity index is 2.10. The van der Waals surface area contributed by atoms with Gasteiger partial charge < -0.3 is 10.1 Å². The molecule has 0 radical (unpaired) electrons. The van der Waals surface area contributed by atoms with Crippen LogP contribution < -0.4 is 5.32 Å². The number of carbonyl (C=O) groups excluding carboxylic acids is 1. The van der Waals surface area contributed by atoms with Crippen molar-refractivity contribution in [3.63, 3.8) is 0 Å². The number of anilines is 1. The van der Waals surface area contributed by atoms with Gasteiger partial charge in [-0.2, -0.15) is 0 Å². The number of aromatic nitrogens is 2. The molecule has 0 aliphatic rings. The average Bonchev–Trinajstić information content (AvgIpc) is 2.46. The molecule has 0 saturated heterocycles. The van der Waals surface area contributed by atoms with Gasteiger partial charge in [0.15, 0.2) is 0 Å². The molecule has 0 amide bonds. The molecule has 2 aromatic heterocycles. The van der Waals surface area contributed by atoms with Crippen LogP contribution in [0.15, 0.2) is 30.6 Å². The van der Waals surface area contributed by atoms with Crippen LogP contribution in [0.3, 0.4) is 0 Å². The molecule has 0 spiro atoms. The van der Waals surface area contributed by atoms with E-state index in [1.54, 1.807) is 25.3 Å². The Labute approximate surface area is 118 Å². The minimum absolute atomic E-state index is 0.369. The first-order chi connectivity index (χ1) is 9.61. The molecule has 0 fully saturated rings. The number of hydrogen-bond donors (Lipinski definition) is 1. The van der Waals surface area contributed by atoms with Crippen molar-refractivity contribution in [1.82, 2.24) is 9.97 Å². The van der Waals surface area contributed by atoms with Crippen LogP contribution in [0.5, 0.6) is 0 Å². The molecule has 1 N–H and O–H groups in total. The van der Waals surface area contributed by atoms with E-state index < -0.39 is 0 Å². The lowest BCUT2D eigenvalue weighted by Crippen LogP contribution is -2.08. The van der Waals surface area contributed by atoms with Crippen LogP contribution in [-0.4, -0.2) is 23.0 Å². The molecule has 0 aromatic carbocycles. The summed E-state index contributed by atoms with van der Waals surface area (Å²) in [6.07, 6.45) is 3.60. The Hall–Kier alpha value is -2.43. The highest BCUT2D eigenvalue weighted by atomic mass is 16.5. The second-order valence-corrected chi connectivity index (χ2v) is 4.48. The van der Waals surface area contributed by atoms with Gasteiger partial charge in [-0.25, -0.2) is 9.78 Å². The Bertz CT molecular complexity index is 626. The summed E-state index contributed by atoms with van der Waals surface area (Å²) in [6.45, 7) is 4.47. The van der Waals surface area contributed by atoms with Crippen LogP contribution in [0.25, 0.3) is 0 Å². The number of pyridine rings is 2. The summed E-state index contributed by atoms with van der Waals surface area (Å²) < 4.78 is 4.70. The van der Waals surface area contributed by atoms with E-state index in [0.29, 0.717) is 17.8 Å². The van der Waals surface area contributed by atoms with E-state index in [4.69, 9.17) is 4.74 Å². The van der Waals surface area contributed by atoms with Gasteiger partial charge in [-0.3, -0.25) is 4.98 Å². The monoisotopic (exact) mass is 271 g/mol. The van der Waals surface area contributed by atoms with Crippen LogP contribution in [0.4, 0.5) is 5.82 Å². The summed E-state index contributed by atoms with van der Waals surface area (Å²) in [5, 5.41) is 3.24. The number of hydrogen-bond acceptors (Lipinski definition) is 5.